The minimum Gasteiger partial charge on any atom is -0.491 e. The van der Waals surface area contributed by atoms with Crippen molar-refractivity contribution >= 4 is 16.0 Å². The molecule has 0 fully saturated rings. The van der Waals surface area contributed by atoms with Gasteiger partial charge >= 0.3 is 5.97 Å². The maximum absolute atomic E-state index is 13.2. The molecule has 8 nitrogen and oxygen atoms in total. The van der Waals surface area contributed by atoms with Crippen LogP contribution in [-0.2, 0) is 32.5 Å². The van der Waals surface area contributed by atoms with E-state index in [1.54, 1.807) is 42.1 Å². The van der Waals surface area contributed by atoms with Crippen molar-refractivity contribution in [2.45, 2.75) is 63.6 Å². The van der Waals surface area contributed by atoms with Gasteiger partial charge in [0.05, 0.1) is 29.8 Å². The molecule has 0 bridgehead atoms. The number of aromatic nitrogens is 2. The first-order chi connectivity index (χ1) is 16.8. The number of rotatable bonds is 9. The molecule has 0 saturated carbocycles. The molecule has 4 rings (SSSR count). The van der Waals surface area contributed by atoms with E-state index in [4.69, 9.17) is 9.47 Å². The van der Waals surface area contributed by atoms with Crippen LogP contribution in [0.25, 0.3) is 11.1 Å². The third kappa shape index (κ3) is 5.91. The van der Waals surface area contributed by atoms with Crippen molar-refractivity contribution in [1.82, 2.24) is 14.5 Å². The lowest BCUT2D eigenvalue weighted by Crippen LogP contribution is -2.31. The summed E-state index contributed by atoms with van der Waals surface area (Å²) < 4.78 is 41.6. The van der Waals surface area contributed by atoms with E-state index in [0.29, 0.717) is 13.0 Å². The summed E-state index contributed by atoms with van der Waals surface area (Å²) in [6, 6.07) is 14.2. The first kappa shape index (κ1) is 24.9. The zero-order valence-electron chi connectivity index (χ0n) is 20.2. The molecule has 35 heavy (non-hydrogen) atoms. The van der Waals surface area contributed by atoms with Gasteiger partial charge in [-0.2, -0.15) is 5.10 Å². The number of carbonyl (C=O) groups is 1. The van der Waals surface area contributed by atoms with Crippen LogP contribution < -0.4 is 9.46 Å². The summed E-state index contributed by atoms with van der Waals surface area (Å²) in [7, 11) is -3.75. The van der Waals surface area contributed by atoms with Crippen LogP contribution >= 0.6 is 0 Å². The fraction of sp³-hybridized carbons (Fsp3) is 0.385. The largest absolute Gasteiger partial charge is 0.491 e. The van der Waals surface area contributed by atoms with E-state index < -0.39 is 16.1 Å². The predicted octanol–water partition coefficient (Wildman–Crippen LogP) is 4.26. The lowest BCUT2D eigenvalue weighted by molar-refractivity contribution is -0.144. The minimum absolute atomic E-state index is 0.0213. The van der Waals surface area contributed by atoms with E-state index in [9.17, 15) is 13.2 Å². The van der Waals surface area contributed by atoms with Crippen LogP contribution in [0.15, 0.2) is 59.6 Å². The number of hydrogen-bond acceptors (Lipinski definition) is 6. The van der Waals surface area contributed by atoms with Gasteiger partial charge in [-0.05, 0) is 75.4 Å². The Kier molecular flexibility index (Phi) is 7.57. The second kappa shape index (κ2) is 10.6. The van der Waals surface area contributed by atoms with Crippen LogP contribution in [0.5, 0.6) is 5.75 Å². The Morgan fingerprint density at radius 2 is 1.94 bits per heavy atom. The highest BCUT2D eigenvalue weighted by molar-refractivity contribution is 7.89. The molecule has 0 aliphatic heterocycles. The highest BCUT2D eigenvalue weighted by atomic mass is 32.2. The monoisotopic (exact) mass is 497 g/mol. The summed E-state index contributed by atoms with van der Waals surface area (Å²) in [6.45, 7) is 6.03. The Morgan fingerprint density at radius 1 is 1.17 bits per heavy atom. The molecule has 1 heterocycles. The minimum atomic E-state index is -3.75. The number of benzene rings is 2. The Bertz CT molecular complexity index is 1280. The van der Waals surface area contributed by atoms with Gasteiger partial charge < -0.3 is 9.47 Å². The molecule has 0 spiro atoms. The molecule has 1 N–H and O–H groups in total. The topological polar surface area (TPSA) is 99.5 Å². The summed E-state index contributed by atoms with van der Waals surface area (Å²) in [5.41, 5.74) is 3.53. The lowest BCUT2D eigenvalue weighted by atomic mass is 9.94. The lowest BCUT2D eigenvalue weighted by Gasteiger charge is -2.24. The molecule has 0 saturated heterocycles. The van der Waals surface area contributed by atoms with E-state index in [1.807, 2.05) is 38.1 Å². The third-order valence-corrected chi connectivity index (χ3v) is 7.34. The van der Waals surface area contributed by atoms with Crippen LogP contribution in [0.1, 0.15) is 50.9 Å². The van der Waals surface area contributed by atoms with Gasteiger partial charge in [-0.3, -0.25) is 9.48 Å². The molecule has 1 aliphatic rings. The average molecular weight is 498 g/mol. The van der Waals surface area contributed by atoms with Crippen molar-refractivity contribution in [3.05, 3.63) is 66.0 Å². The summed E-state index contributed by atoms with van der Waals surface area (Å²) in [5.74, 6) is 0.412. The fourth-order valence-electron chi connectivity index (χ4n) is 4.31. The first-order valence-corrected chi connectivity index (χ1v) is 13.3. The van der Waals surface area contributed by atoms with Crippen molar-refractivity contribution in [3.63, 3.8) is 0 Å². The maximum atomic E-state index is 13.2. The number of carbonyl (C=O) groups excluding carboxylic acids is 1. The van der Waals surface area contributed by atoms with E-state index >= 15 is 0 Å². The molecule has 1 atom stereocenters. The van der Waals surface area contributed by atoms with Gasteiger partial charge in [-0.15, -0.1) is 0 Å². The van der Waals surface area contributed by atoms with Crippen LogP contribution in [0.2, 0.25) is 0 Å². The zero-order chi connectivity index (χ0) is 25.0. The summed E-state index contributed by atoms with van der Waals surface area (Å²) >= 11 is 0. The van der Waals surface area contributed by atoms with Gasteiger partial charge in [-0.25, -0.2) is 13.1 Å². The third-order valence-electron chi connectivity index (χ3n) is 5.85. The van der Waals surface area contributed by atoms with Crippen molar-refractivity contribution in [3.8, 4) is 16.9 Å². The van der Waals surface area contributed by atoms with Crippen molar-refractivity contribution in [2.75, 3.05) is 6.61 Å². The van der Waals surface area contributed by atoms with Gasteiger partial charge in [-0.1, -0.05) is 24.3 Å². The van der Waals surface area contributed by atoms with Crippen molar-refractivity contribution < 1.29 is 22.7 Å². The standard InChI is InChI=1S/C26H31N3O5S/c1-4-33-26(30)17-29-25-10-6-9-24(23(25)16-27-29)28-35(31,32)22-13-11-19(12-14-22)20-7-5-8-21(15-20)34-18(2)3/h5,7-8,11-16,18,24,28H,4,6,9-10,17H2,1-3H3. The van der Waals surface area contributed by atoms with Crippen molar-refractivity contribution in [1.29, 1.82) is 0 Å². The number of nitrogens with zero attached hydrogens (tertiary/aromatic N) is 2. The molecule has 1 aromatic heterocycles. The number of hydrogen-bond donors (Lipinski definition) is 1. The van der Waals surface area contributed by atoms with E-state index in [-0.39, 0.29) is 23.5 Å². The normalized spacial score (nSPS) is 15.6. The Labute approximate surface area is 206 Å². The Morgan fingerprint density at radius 3 is 2.66 bits per heavy atom. The smallest absolute Gasteiger partial charge is 0.327 e. The number of fused-ring (bicyclic) bond motifs is 1. The molecule has 1 aliphatic carbocycles. The van der Waals surface area contributed by atoms with Gasteiger partial charge in [0.15, 0.2) is 0 Å². The molecule has 2 aromatic carbocycles. The summed E-state index contributed by atoms with van der Waals surface area (Å²) in [5, 5.41) is 4.31. The SMILES string of the molecule is CCOC(=O)Cn1ncc2c1CCCC2NS(=O)(=O)c1ccc(-c2cccc(OC(C)C)c2)cc1. The quantitative estimate of drug-likeness (QED) is 0.444. The van der Waals surface area contributed by atoms with E-state index in [2.05, 4.69) is 9.82 Å². The van der Waals surface area contributed by atoms with Crippen LogP contribution in [0.3, 0.4) is 0 Å². The zero-order valence-corrected chi connectivity index (χ0v) is 21.0. The van der Waals surface area contributed by atoms with Crippen LogP contribution in [-0.4, -0.2) is 36.9 Å². The Hall–Kier alpha value is -3.17. The second-order valence-corrected chi connectivity index (χ2v) is 10.5. The average Bonchev–Trinajstić information content (AvgIpc) is 3.22. The van der Waals surface area contributed by atoms with Gasteiger partial charge in [0.25, 0.3) is 0 Å². The van der Waals surface area contributed by atoms with Gasteiger partial charge in [0.1, 0.15) is 12.3 Å². The van der Waals surface area contributed by atoms with Crippen LogP contribution in [0.4, 0.5) is 0 Å². The fourth-order valence-corrected chi connectivity index (χ4v) is 5.56. The Balaban J connectivity index is 1.50. The highest BCUT2D eigenvalue weighted by Gasteiger charge is 2.29. The van der Waals surface area contributed by atoms with E-state index in [1.165, 1.54) is 0 Å². The molecule has 1 unspecified atom stereocenters. The van der Waals surface area contributed by atoms with Crippen LogP contribution in [0, 0.1) is 0 Å². The summed E-state index contributed by atoms with van der Waals surface area (Å²) in [4.78, 5) is 12.1. The predicted molar refractivity (Wildman–Crippen MR) is 133 cm³/mol. The number of ether oxygens (including phenoxy) is 2. The summed E-state index contributed by atoms with van der Waals surface area (Å²) in [6.07, 6.45) is 3.92. The van der Waals surface area contributed by atoms with E-state index in [0.717, 1.165) is 41.0 Å². The molecule has 3 aromatic rings. The number of esters is 1. The maximum Gasteiger partial charge on any atom is 0.327 e. The highest BCUT2D eigenvalue weighted by Crippen LogP contribution is 2.32. The molecular formula is C26H31N3O5S. The first-order valence-electron chi connectivity index (χ1n) is 11.9. The number of nitrogens with one attached hydrogen (secondary N) is 1. The van der Waals surface area contributed by atoms with Crippen molar-refractivity contribution in [2.24, 2.45) is 0 Å². The van der Waals surface area contributed by atoms with Gasteiger partial charge in [0.2, 0.25) is 10.0 Å². The molecule has 9 heteroatoms. The number of sulfonamides is 1. The molecule has 186 valence electrons. The molecule has 0 amide bonds. The molecular weight excluding hydrogens is 466 g/mol. The second-order valence-electron chi connectivity index (χ2n) is 8.79. The molecule has 0 radical (unpaired) electrons. The van der Waals surface area contributed by atoms with Gasteiger partial charge in [0, 0.05) is 11.3 Å².